The van der Waals surface area contributed by atoms with E-state index in [4.69, 9.17) is 9.47 Å². The van der Waals surface area contributed by atoms with Gasteiger partial charge in [-0.3, -0.25) is 9.59 Å². The van der Waals surface area contributed by atoms with Crippen molar-refractivity contribution < 1.29 is 23.5 Å². The summed E-state index contributed by atoms with van der Waals surface area (Å²) in [6.07, 6.45) is -0.915. The molecule has 0 spiro atoms. The number of para-hydroxylation sites is 1. The van der Waals surface area contributed by atoms with Crippen LogP contribution in [-0.4, -0.2) is 25.1 Å². The molecule has 1 amide bonds. The first-order valence-corrected chi connectivity index (χ1v) is 7.83. The van der Waals surface area contributed by atoms with Crippen molar-refractivity contribution in [3.63, 3.8) is 0 Å². The maximum atomic E-state index is 12.8. The number of benzene rings is 2. The Morgan fingerprint density at radius 1 is 1.12 bits per heavy atom. The maximum absolute atomic E-state index is 12.8. The SMILES string of the molecule is COc1ccccc1CC(=O)O[C@H](C)C(=O)NCc1ccc(F)cc1. The zero-order valence-corrected chi connectivity index (χ0v) is 14.1. The van der Waals surface area contributed by atoms with Gasteiger partial charge in [-0.15, -0.1) is 0 Å². The summed E-state index contributed by atoms with van der Waals surface area (Å²) >= 11 is 0. The first kappa shape index (κ1) is 18.4. The normalized spacial score (nSPS) is 11.5. The Hall–Kier alpha value is -2.89. The number of carbonyl (C=O) groups excluding carboxylic acids is 2. The predicted octanol–water partition coefficient (Wildman–Crippen LogP) is 2.62. The summed E-state index contributed by atoms with van der Waals surface area (Å²) in [5.41, 5.74) is 1.44. The second-order valence-electron chi connectivity index (χ2n) is 5.46. The lowest BCUT2D eigenvalue weighted by atomic mass is 10.1. The van der Waals surface area contributed by atoms with E-state index in [1.54, 1.807) is 36.4 Å². The molecule has 1 atom stereocenters. The Labute approximate surface area is 145 Å². The molecule has 132 valence electrons. The van der Waals surface area contributed by atoms with Crippen LogP contribution >= 0.6 is 0 Å². The van der Waals surface area contributed by atoms with Crippen LogP contribution in [0.15, 0.2) is 48.5 Å². The summed E-state index contributed by atoms with van der Waals surface area (Å²) in [5.74, 6) is -0.687. The number of carbonyl (C=O) groups is 2. The highest BCUT2D eigenvalue weighted by atomic mass is 19.1. The number of rotatable bonds is 7. The fraction of sp³-hybridized carbons (Fsp3) is 0.263. The Kier molecular flexibility index (Phi) is 6.51. The lowest BCUT2D eigenvalue weighted by Gasteiger charge is -2.14. The van der Waals surface area contributed by atoms with Gasteiger partial charge in [-0.1, -0.05) is 30.3 Å². The van der Waals surface area contributed by atoms with Gasteiger partial charge in [-0.25, -0.2) is 4.39 Å². The fourth-order valence-corrected chi connectivity index (χ4v) is 2.23. The predicted molar refractivity (Wildman–Crippen MR) is 90.5 cm³/mol. The molecule has 0 saturated heterocycles. The lowest BCUT2D eigenvalue weighted by Crippen LogP contribution is -2.35. The number of esters is 1. The lowest BCUT2D eigenvalue weighted by molar-refractivity contribution is -0.154. The Morgan fingerprint density at radius 3 is 2.48 bits per heavy atom. The van der Waals surface area contributed by atoms with Gasteiger partial charge in [0.05, 0.1) is 13.5 Å². The molecule has 0 aromatic heterocycles. The highest BCUT2D eigenvalue weighted by Crippen LogP contribution is 2.18. The van der Waals surface area contributed by atoms with Gasteiger partial charge in [0.1, 0.15) is 11.6 Å². The topological polar surface area (TPSA) is 64.6 Å². The average Bonchev–Trinajstić information content (AvgIpc) is 2.61. The smallest absolute Gasteiger partial charge is 0.311 e. The second-order valence-corrected chi connectivity index (χ2v) is 5.46. The van der Waals surface area contributed by atoms with Crippen molar-refractivity contribution >= 4 is 11.9 Å². The first-order valence-electron chi connectivity index (χ1n) is 7.83. The molecule has 0 heterocycles. The minimum atomic E-state index is -0.928. The van der Waals surface area contributed by atoms with Gasteiger partial charge in [-0.05, 0) is 30.7 Å². The molecule has 0 saturated carbocycles. The van der Waals surface area contributed by atoms with Gasteiger partial charge in [0.15, 0.2) is 6.10 Å². The van der Waals surface area contributed by atoms with Gasteiger partial charge in [0.2, 0.25) is 0 Å². The number of hydrogen-bond acceptors (Lipinski definition) is 4. The molecular weight excluding hydrogens is 325 g/mol. The number of halogens is 1. The third-order valence-electron chi connectivity index (χ3n) is 3.58. The molecule has 1 N–H and O–H groups in total. The molecular formula is C19H20FNO4. The van der Waals surface area contributed by atoms with Crippen LogP contribution in [-0.2, 0) is 27.3 Å². The summed E-state index contributed by atoms with van der Waals surface area (Å²) in [5, 5.41) is 2.65. The quantitative estimate of drug-likeness (QED) is 0.784. The zero-order chi connectivity index (χ0) is 18.2. The molecule has 0 aliphatic rings. The minimum Gasteiger partial charge on any atom is -0.496 e. The number of methoxy groups -OCH3 is 1. The van der Waals surface area contributed by atoms with E-state index in [-0.39, 0.29) is 18.8 Å². The maximum Gasteiger partial charge on any atom is 0.311 e. The largest absolute Gasteiger partial charge is 0.496 e. The summed E-state index contributed by atoms with van der Waals surface area (Å²) in [7, 11) is 1.52. The summed E-state index contributed by atoms with van der Waals surface area (Å²) < 4.78 is 23.2. The highest BCUT2D eigenvalue weighted by Gasteiger charge is 2.18. The highest BCUT2D eigenvalue weighted by molar-refractivity contribution is 5.84. The molecule has 6 heteroatoms. The van der Waals surface area contributed by atoms with Crippen LogP contribution in [0, 0.1) is 5.82 Å². The summed E-state index contributed by atoms with van der Waals surface area (Å²) in [6.45, 7) is 1.73. The van der Waals surface area contributed by atoms with Crippen molar-refractivity contribution in [2.45, 2.75) is 26.0 Å². The van der Waals surface area contributed by atoms with E-state index >= 15 is 0 Å². The molecule has 5 nitrogen and oxygen atoms in total. The van der Waals surface area contributed by atoms with Gasteiger partial charge in [0.25, 0.3) is 5.91 Å². The number of ether oxygens (including phenoxy) is 2. The van der Waals surface area contributed by atoms with Crippen LogP contribution in [0.25, 0.3) is 0 Å². The third-order valence-corrected chi connectivity index (χ3v) is 3.58. The molecule has 2 rings (SSSR count). The Bertz CT molecular complexity index is 730. The molecule has 0 aliphatic carbocycles. The average molecular weight is 345 g/mol. The number of nitrogens with one attached hydrogen (secondary N) is 1. The van der Waals surface area contributed by atoms with Gasteiger partial charge in [-0.2, -0.15) is 0 Å². The first-order chi connectivity index (χ1) is 12.0. The molecule has 0 radical (unpaired) electrons. The molecule has 2 aromatic carbocycles. The van der Waals surface area contributed by atoms with E-state index in [1.165, 1.54) is 26.2 Å². The standard InChI is InChI=1S/C19H20FNO4/c1-13(19(23)21-12-14-7-9-16(20)10-8-14)25-18(22)11-15-5-3-4-6-17(15)24-2/h3-10,13H,11-12H2,1-2H3,(H,21,23)/t13-/m1/s1. The summed E-state index contributed by atoms with van der Waals surface area (Å²) in [4.78, 5) is 24.0. The van der Waals surface area contributed by atoms with Crippen LogP contribution in [0.3, 0.4) is 0 Å². The van der Waals surface area contributed by atoms with Crippen LogP contribution in [0.1, 0.15) is 18.1 Å². The van der Waals surface area contributed by atoms with Crippen LogP contribution in [0.4, 0.5) is 4.39 Å². The van der Waals surface area contributed by atoms with Gasteiger partial charge in [0, 0.05) is 12.1 Å². The number of hydrogen-bond donors (Lipinski definition) is 1. The van der Waals surface area contributed by atoms with Gasteiger partial charge < -0.3 is 14.8 Å². The summed E-state index contributed by atoms with van der Waals surface area (Å²) in [6, 6.07) is 12.9. The van der Waals surface area contributed by atoms with E-state index in [1.807, 2.05) is 0 Å². The number of amides is 1. The second kappa shape index (κ2) is 8.82. The molecule has 0 bridgehead atoms. The van der Waals surface area contributed by atoms with E-state index < -0.39 is 18.0 Å². The Balaban J connectivity index is 1.83. The molecule has 2 aromatic rings. The monoisotopic (exact) mass is 345 g/mol. The fourth-order valence-electron chi connectivity index (χ4n) is 2.23. The molecule has 0 fully saturated rings. The minimum absolute atomic E-state index is 0.0135. The third kappa shape index (κ3) is 5.60. The molecule has 0 aliphatic heterocycles. The molecule has 0 unspecified atom stereocenters. The van der Waals surface area contributed by atoms with Crippen molar-refractivity contribution in [1.29, 1.82) is 0 Å². The van der Waals surface area contributed by atoms with Crippen LogP contribution < -0.4 is 10.1 Å². The van der Waals surface area contributed by atoms with Crippen molar-refractivity contribution in [2.24, 2.45) is 0 Å². The van der Waals surface area contributed by atoms with Crippen molar-refractivity contribution in [1.82, 2.24) is 5.32 Å². The molecule has 25 heavy (non-hydrogen) atoms. The van der Waals surface area contributed by atoms with E-state index in [2.05, 4.69) is 5.32 Å². The van der Waals surface area contributed by atoms with Crippen molar-refractivity contribution in [2.75, 3.05) is 7.11 Å². The van der Waals surface area contributed by atoms with E-state index in [9.17, 15) is 14.0 Å². The van der Waals surface area contributed by atoms with E-state index in [0.717, 1.165) is 5.56 Å². The van der Waals surface area contributed by atoms with Crippen molar-refractivity contribution in [3.05, 3.63) is 65.5 Å². The Morgan fingerprint density at radius 2 is 1.80 bits per heavy atom. The van der Waals surface area contributed by atoms with Crippen LogP contribution in [0.5, 0.6) is 5.75 Å². The van der Waals surface area contributed by atoms with Gasteiger partial charge >= 0.3 is 5.97 Å². The van der Waals surface area contributed by atoms with Crippen molar-refractivity contribution in [3.8, 4) is 5.75 Å². The van der Waals surface area contributed by atoms with Crippen LogP contribution in [0.2, 0.25) is 0 Å². The zero-order valence-electron chi connectivity index (χ0n) is 14.1. The van der Waals surface area contributed by atoms with E-state index in [0.29, 0.717) is 11.3 Å².